The number of pyridine rings is 1. The van der Waals surface area contributed by atoms with Gasteiger partial charge >= 0.3 is 0 Å². The Morgan fingerprint density at radius 3 is 2.71 bits per heavy atom. The van der Waals surface area contributed by atoms with E-state index in [1.165, 1.54) is 6.20 Å². The van der Waals surface area contributed by atoms with Gasteiger partial charge in [0.15, 0.2) is 0 Å². The average Bonchev–Trinajstić information content (AvgIpc) is 2.29. The Labute approximate surface area is 98.0 Å². The number of hydrogen-bond donors (Lipinski definition) is 2. The number of nitrogen functional groups attached to an aromatic ring is 1. The second-order valence-electron chi connectivity index (χ2n) is 3.39. The first-order chi connectivity index (χ1) is 8.16. The van der Waals surface area contributed by atoms with Crippen LogP contribution in [0.15, 0.2) is 42.6 Å². The van der Waals surface area contributed by atoms with Crippen molar-refractivity contribution in [2.75, 3.05) is 5.73 Å². The summed E-state index contributed by atoms with van der Waals surface area (Å²) in [5.41, 5.74) is 11.7. The summed E-state index contributed by atoms with van der Waals surface area (Å²) in [5, 5.41) is 0. The van der Waals surface area contributed by atoms with Crippen LogP contribution in [0.5, 0.6) is 11.6 Å². The lowest BCUT2D eigenvalue weighted by atomic mass is 10.2. The molecule has 0 fully saturated rings. The lowest BCUT2D eigenvalue weighted by Crippen LogP contribution is -2.12. The molecule has 0 spiro atoms. The molecule has 5 heteroatoms. The van der Waals surface area contributed by atoms with Crippen molar-refractivity contribution in [3.8, 4) is 11.6 Å². The van der Waals surface area contributed by atoms with Gasteiger partial charge in [0.2, 0.25) is 5.88 Å². The molecule has 1 heterocycles. The summed E-state index contributed by atoms with van der Waals surface area (Å²) >= 11 is 0. The van der Waals surface area contributed by atoms with Crippen LogP contribution in [0.25, 0.3) is 0 Å². The monoisotopic (exact) mass is 229 g/mol. The molecule has 2 rings (SSSR count). The molecule has 2 aromatic rings. The van der Waals surface area contributed by atoms with Gasteiger partial charge < -0.3 is 16.2 Å². The van der Waals surface area contributed by atoms with E-state index in [0.717, 1.165) is 0 Å². The Morgan fingerprint density at radius 1 is 1.24 bits per heavy atom. The molecule has 0 bridgehead atoms. The minimum atomic E-state index is -0.551. The van der Waals surface area contributed by atoms with Gasteiger partial charge in [0.05, 0.1) is 5.56 Å². The summed E-state index contributed by atoms with van der Waals surface area (Å²) in [6.45, 7) is 0. The second-order valence-corrected chi connectivity index (χ2v) is 3.39. The molecule has 1 aromatic heterocycles. The molecular weight excluding hydrogens is 218 g/mol. The number of carbonyl (C=O) groups excluding carboxylic acids is 1. The third-order valence-corrected chi connectivity index (χ3v) is 2.13. The van der Waals surface area contributed by atoms with Crippen LogP contribution in [0, 0.1) is 0 Å². The molecular formula is C12H11N3O2. The molecule has 0 atom stereocenters. The number of para-hydroxylation sites is 1. The summed E-state index contributed by atoms with van der Waals surface area (Å²) in [5.74, 6) is 0.126. The molecule has 4 N–H and O–H groups in total. The van der Waals surface area contributed by atoms with Crippen LogP contribution in [0.3, 0.4) is 0 Å². The predicted octanol–water partition coefficient (Wildman–Crippen LogP) is 1.55. The summed E-state index contributed by atoms with van der Waals surface area (Å²) in [4.78, 5) is 15.2. The van der Waals surface area contributed by atoms with E-state index in [4.69, 9.17) is 16.2 Å². The number of amides is 1. The molecule has 1 amide bonds. The Morgan fingerprint density at radius 2 is 2.00 bits per heavy atom. The first-order valence-electron chi connectivity index (χ1n) is 4.95. The molecule has 17 heavy (non-hydrogen) atoms. The van der Waals surface area contributed by atoms with E-state index >= 15 is 0 Å². The van der Waals surface area contributed by atoms with Gasteiger partial charge in [0.25, 0.3) is 5.91 Å². The normalized spacial score (nSPS) is 9.88. The van der Waals surface area contributed by atoms with Gasteiger partial charge in [-0.05, 0) is 18.2 Å². The van der Waals surface area contributed by atoms with Gasteiger partial charge in [-0.1, -0.05) is 12.1 Å². The van der Waals surface area contributed by atoms with E-state index in [2.05, 4.69) is 4.98 Å². The Kier molecular flexibility index (Phi) is 2.91. The summed E-state index contributed by atoms with van der Waals surface area (Å²) in [7, 11) is 0. The van der Waals surface area contributed by atoms with E-state index < -0.39 is 5.91 Å². The number of hydrogen-bond acceptors (Lipinski definition) is 4. The van der Waals surface area contributed by atoms with Crippen LogP contribution < -0.4 is 16.2 Å². The molecule has 0 aliphatic heterocycles. The van der Waals surface area contributed by atoms with Crippen LogP contribution in [0.1, 0.15) is 10.4 Å². The Bertz CT molecular complexity index is 555. The first-order valence-corrected chi connectivity index (χ1v) is 4.95. The third kappa shape index (κ3) is 2.52. The topological polar surface area (TPSA) is 91.2 Å². The highest BCUT2D eigenvalue weighted by atomic mass is 16.5. The molecule has 0 unspecified atom stereocenters. The predicted molar refractivity (Wildman–Crippen MR) is 63.7 cm³/mol. The number of nitrogens with zero attached hydrogens (tertiary/aromatic N) is 1. The molecule has 0 aliphatic carbocycles. The maximum atomic E-state index is 11.2. The molecule has 5 nitrogen and oxygen atoms in total. The Balaban J connectivity index is 2.33. The molecule has 0 radical (unpaired) electrons. The van der Waals surface area contributed by atoms with Crippen molar-refractivity contribution in [3.05, 3.63) is 48.2 Å². The zero-order valence-corrected chi connectivity index (χ0v) is 8.96. The third-order valence-electron chi connectivity index (χ3n) is 2.13. The van der Waals surface area contributed by atoms with Crippen molar-refractivity contribution in [2.24, 2.45) is 5.73 Å². The van der Waals surface area contributed by atoms with Crippen LogP contribution in [-0.2, 0) is 0 Å². The molecule has 0 aliphatic rings. The largest absolute Gasteiger partial charge is 0.438 e. The zero-order valence-electron chi connectivity index (χ0n) is 8.96. The smallest absolute Gasteiger partial charge is 0.252 e. The fraction of sp³-hybridized carbons (Fsp3) is 0. The molecule has 0 saturated heterocycles. The van der Waals surface area contributed by atoms with Gasteiger partial charge in [-0.25, -0.2) is 4.98 Å². The number of benzene rings is 1. The van der Waals surface area contributed by atoms with Gasteiger partial charge in [-0.15, -0.1) is 0 Å². The van der Waals surface area contributed by atoms with E-state index in [1.54, 1.807) is 36.4 Å². The lowest BCUT2D eigenvalue weighted by molar-refractivity contribution is 0.0998. The SMILES string of the molecule is NC(=O)c1ccccc1Oc1cc(N)ccn1. The minimum Gasteiger partial charge on any atom is -0.438 e. The van der Waals surface area contributed by atoms with Crippen molar-refractivity contribution < 1.29 is 9.53 Å². The maximum absolute atomic E-state index is 11.2. The number of nitrogens with two attached hydrogens (primary N) is 2. The molecule has 0 saturated carbocycles. The average molecular weight is 229 g/mol. The minimum absolute atomic E-state index is 0.303. The summed E-state index contributed by atoms with van der Waals surface area (Å²) < 4.78 is 5.46. The van der Waals surface area contributed by atoms with Crippen LogP contribution in [-0.4, -0.2) is 10.9 Å². The van der Waals surface area contributed by atoms with E-state index in [9.17, 15) is 4.79 Å². The van der Waals surface area contributed by atoms with Gasteiger partial charge in [-0.3, -0.25) is 4.79 Å². The van der Waals surface area contributed by atoms with Crippen molar-refractivity contribution in [1.29, 1.82) is 0 Å². The highest BCUT2D eigenvalue weighted by molar-refractivity contribution is 5.95. The van der Waals surface area contributed by atoms with Crippen molar-refractivity contribution >= 4 is 11.6 Å². The van der Waals surface area contributed by atoms with Crippen LogP contribution in [0.2, 0.25) is 0 Å². The standard InChI is InChI=1S/C12H11N3O2/c13-8-5-6-15-11(7-8)17-10-4-2-1-3-9(10)12(14)16/h1-7H,(H2,13,15)(H2,14,16). The fourth-order valence-corrected chi connectivity index (χ4v) is 1.35. The van der Waals surface area contributed by atoms with Gasteiger partial charge in [-0.2, -0.15) is 0 Å². The van der Waals surface area contributed by atoms with E-state index in [0.29, 0.717) is 22.9 Å². The number of aromatic nitrogens is 1. The fourth-order valence-electron chi connectivity index (χ4n) is 1.35. The second kappa shape index (κ2) is 4.52. The van der Waals surface area contributed by atoms with Crippen molar-refractivity contribution in [2.45, 2.75) is 0 Å². The summed E-state index contributed by atoms with van der Waals surface area (Å²) in [6.07, 6.45) is 1.53. The Hall–Kier alpha value is -2.56. The highest BCUT2D eigenvalue weighted by Gasteiger charge is 2.09. The van der Waals surface area contributed by atoms with Gasteiger partial charge in [0, 0.05) is 18.0 Å². The number of carbonyl (C=O) groups is 1. The molecule has 86 valence electrons. The zero-order chi connectivity index (χ0) is 12.3. The van der Waals surface area contributed by atoms with Crippen molar-refractivity contribution in [1.82, 2.24) is 4.98 Å². The van der Waals surface area contributed by atoms with E-state index in [-0.39, 0.29) is 0 Å². The number of rotatable bonds is 3. The first kappa shape index (κ1) is 10.9. The highest BCUT2D eigenvalue weighted by Crippen LogP contribution is 2.24. The maximum Gasteiger partial charge on any atom is 0.252 e. The number of ether oxygens (including phenoxy) is 1. The molecule has 1 aromatic carbocycles. The number of primary amides is 1. The van der Waals surface area contributed by atoms with E-state index in [1.807, 2.05) is 0 Å². The summed E-state index contributed by atoms with van der Waals surface area (Å²) in [6, 6.07) is 9.90. The van der Waals surface area contributed by atoms with Gasteiger partial charge in [0.1, 0.15) is 5.75 Å². The van der Waals surface area contributed by atoms with Crippen LogP contribution >= 0.6 is 0 Å². The number of anilines is 1. The quantitative estimate of drug-likeness (QED) is 0.835. The lowest BCUT2D eigenvalue weighted by Gasteiger charge is -2.08. The van der Waals surface area contributed by atoms with Crippen LogP contribution in [0.4, 0.5) is 5.69 Å². The van der Waals surface area contributed by atoms with Crippen molar-refractivity contribution in [3.63, 3.8) is 0 Å².